The van der Waals surface area contributed by atoms with Crippen LogP contribution in [-0.4, -0.2) is 24.2 Å². The largest absolute Gasteiger partial charge is 0.481 e. The van der Waals surface area contributed by atoms with E-state index in [0.29, 0.717) is 0 Å². The van der Waals surface area contributed by atoms with Gasteiger partial charge in [-0.05, 0) is 65.0 Å². The number of aliphatic carboxylic acids is 1. The Morgan fingerprint density at radius 1 is 1.18 bits per heavy atom. The van der Waals surface area contributed by atoms with Crippen molar-refractivity contribution in [3.8, 4) is 0 Å². The van der Waals surface area contributed by atoms with E-state index < -0.39 is 5.97 Å². The van der Waals surface area contributed by atoms with Gasteiger partial charge < -0.3 is 10.4 Å². The second-order valence-corrected chi connectivity index (χ2v) is 6.25. The molecule has 1 saturated heterocycles. The maximum atomic E-state index is 11.2. The Morgan fingerprint density at radius 3 is 2.64 bits per heavy atom. The first-order valence-corrected chi connectivity index (χ1v) is 8.45. The molecule has 0 aliphatic carbocycles. The number of piperidine rings is 1. The van der Waals surface area contributed by atoms with E-state index in [2.05, 4.69) is 28.2 Å². The van der Waals surface area contributed by atoms with Crippen LogP contribution in [0.4, 0.5) is 0 Å². The lowest BCUT2D eigenvalue weighted by atomic mass is 9.87. The number of hydrogen-bond donors (Lipinski definition) is 2. The summed E-state index contributed by atoms with van der Waals surface area (Å²) in [5.41, 5.74) is 5.83. The third-order valence-corrected chi connectivity index (χ3v) is 4.68. The van der Waals surface area contributed by atoms with Gasteiger partial charge in [-0.25, -0.2) is 0 Å². The number of rotatable bonds is 4. The summed E-state index contributed by atoms with van der Waals surface area (Å²) in [6.07, 6.45) is 2.11. The quantitative estimate of drug-likeness (QED) is 0.907. The number of thiophene rings is 1. The Bertz CT molecular complexity index is 681. The monoisotopic (exact) mass is 313 g/mol. The van der Waals surface area contributed by atoms with Crippen LogP contribution in [0.15, 0.2) is 46.7 Å². The van der Waals surface area contributed by atoms with Gasteiger partial charge in [-0.2, -0.15) is 11.3 Å². The van der Waals surface area contributed by atoms with E-state index in [9.17, 15) is 9.90 Å². The SMILES string of the molecule is O=C(O)Cc1ccccc1C(=C1CCNCC1)c1ccsc1. The number of nitrogens with one attached hydrogen (secondary N) is 1. The van der Waals surface area contributed by atoms with Crippen molar-refractivity contribution in [2.45, 2.75) is 19.3 Å². The topological polar surface area (TPSA) is 49.3 Å². The van der Waals surface area contributed by atoms with Gasteiger partial charge in [-0.1, -0.05) is 29.8 Å². The lowest BCUT2D eigenvalue weighted by molar-refractivity contribution is -0.136. The summed E-state index contributed by atoms with van der Waals surface area (Å²) in [5.74, 6) is -0.785. The van der Waals surface area contributed by atoms with Gasteiger partial charge in [0.1, 0.15) is 0 Å². The van der Waals surface area contributed by atoms with Crippen LogP contribution in [0.2, 0.25) is 0 Å². The van der Waals surface area contributed by atoms with Gasteiger partial charge in [0.15, 0.2) is 0 Å². The highest BCUT2D eigenvalue weighted by Gasteiger charge is 2.18. The molecule has 22 heavy (non-hydrogen) atoms. The number of benzene rings is 1. The molecule has 1 aromatic heterocycles. The summed E-state index contributed by atoms with van der Waals surface area (Å²) < 4.78 is 0. The minimum Gasteiger partial charge on any atom is -0.481 e. The van der Waals surface area contributed by atoms with Gasteiger partial charge >= 0.3 is 5.97 Å². The van der Waals surface area contributed by atoms with E-state index >= 15 is 0 Å². The minimum atomic E-state index is -0.785. The van der Waals surface area contributed by atoms with Crippen molar-refractivity contribution >= 4 is 22.9 Å². The Kier molecular flexibility index (Phi) is 4.71. The number of hydrogen-bond acceptors (Lipinski definition) is 3. The zero-order valence-corrected chi connectivity index (χ0v) is 13.2. The molecule has 114 valence electrons. The number of carbonyl (C=O) groups is 1. The van der Waals surface area contributed by atoms with Crippen LogP contribution in [-0.2, 0) is 11.2 Å². The van der Waals surface area contributed by atoms with Crippen LogP contribution in [0, 0.1) is 0 Å². The fourth-order valence-electron chi connectivity index (χ4n) is 3.02. The maximum Gasteiger partial charge on any atom is 0.307 e. The molecule has 0 unspecified atom stereocenters. The van der Waals surface area contributed by atoms with Gasteiger partial charge in [-0.15, -0.1) is 0 Å². The Labute approximate surface area is 134 Å². The van der Waals surface area contributed by atoms with E-state index in [1.165, 1.54) is 16.7 Å². The summed E-state index contributed by atoms with van der Waals surface area (Å²) in [4.78, 5) is 11.2. The summed E-state index contributed by atoms with van der Waals surface area (Å²) in [5, 5.41) is 16.8. The number of carboxylic acid groups (broad SMARTS) is 1. The molecule has 3 rings (SSSR count). The summed E-state index contributed by atoms with van der Waals surface area (Å²) in [6.45, 7) is 1.98. The molecule has 1 aliphatic heterocycles. The van der Waals surface area contributed by atoms with E-state index in [1.54, 1.807) is 11.3 Å². The predicted molar refractivity (Wildman–Crippen MR) is 90.2 cm³/mol. The van der Waals surface area contributed by atoms with Crippen LogP contribution in [0.1, 0.15) is 29.5 Å². The number of carboxylic acids is 1. The van der Waals surface area contributed by atoms with Crippen LogP contribution in [0.5, 0.6) is 0 Å². The molecule has 0 bridgehead atoms. The van der Waals surface area contributed by atoms with Crippen molar-refractivity contribution in [3.05, 3.63) is 63.4 Å². The summed E-state index contributed by atoms with van der Waals surface area (Å²) >= 11 is 1.68. The molecule has 0 spiro atoms. The summed E-state index contributed by atoms with van der Waals surface area (Å²) in [6, 6.07) is 10.0. The van der Waals surface area contributed by atoms with Gasteiger partial charge in [0, 0.05) is 0 Å². The smallest absolute Gasteiger partial charge is 0.307 e. The highest BCUT2D eigenvalue weighted by molar-refractivity contribution is 7.08. The molecule has 0 atom stereocenters. The van der Waals surface area contributed by atoms with Crippen molar-refractivity contribution in [1.82, 2.24) is 5.32 Å². The zero-order chi connectivity index (χ0) is 15.4. The second kappa shape index (κ2) is 6.90. The Balaban J connectivity index is 2.13. The lowest BCUT2D eigenvalue weighted by Crippen LogP contribution is -2.24. The van der Waals surface area contributed by atoms with Crippen LogP contribution < -0.4 is 5.32 Å². The van der Waals surface area contributed by atoms with Crippen molar-refractivity contribution in [1.29, 1.82) is 0 Å². The average molecular weight is 313 g/mol. The predicted octanol–water partition coefficient (Wildman–Crippen LogP) is 3.56. The minimum absolute atomic E-state index is 0.0648. The highest BCUT2D eigenvalue weighted by atomic mass is 32.1. The van der Waals surface area contributed by atoms with E-state index in [4.69, 9.17) is 0 Å². The van der Waals surface area contributed by atoms with Crippen LogP contribution in [0.3, 0.4) is 0 Å². The third-order valence-electron chi connectivity index (χ3n) is 4.00. The molecule has 2 N–H and O–H groups in total. The normalized spacial score (nSPS) is 14.8. The van der Waals surface area contributed by atoms with Crippen LogP contribution >= 0.6 is 11.3 Å². The van der Waals surface area contributed by atoms with Gasteiger partial charge in [0.25, 0.3) is 0 Å². The van der Waals surface area contributed by atoms with Crippen LogP contribution in [0.25, 0.3) is 5.57 Å². The van der Waals surface area contributed by atoms with Gasteiger partial charge in [0.2, 0.25) is 0 Å². The fourth-order valence-corrected chi connectivity index (χ4v) is 3.66. The second-order valence-electron chi connectivity index (χ2n) is 5.47. The first-order valence-electron chi connectivity index (χ1n) is 7.51. The molecule has 2 heterocycles. The molecule has 1 fully saturated rings. The molecule has 0 saturated carbocycles. The highest BCUT2D eigenvalue weighted by Crippen LogP contribution is 2.34. The standard InChI is InChI=1S/C18H19NO2S/c20-17(21)11-14-3-1-2-4-16(14)18(15-7-10-22-12-15)13-5-8-19-9-6-13/h1-4,7,10,12,19H,5-6,8-9,11H2,(H,20,21). The molecule has 3 nitrogen and oxygen atoms in total. The van der Waals surface area contributed by atoms with Crippen molar-refractivity contribution in [3.63, 3.8) is 0 Å². The molecule has 0 amide bonds. The maximum absolute atomic E-state index is 11.2. The molecule has 1 aromatic carbocycles. The Morgan fingerprint density at radius 2 is 1.95 bits per heavy atom. The molecule has 1 aliphatic rings. The third kappa shape index (κ3) is 3.29. The van der Waals surface area contributed by atoms with Crippen molar-refractivity contribution in [2.24, 2.45) is 0 Å². The van der Waals surface area contributed by atoms with E-state index in [-0.39, 0.29) is 6.42 Å². The first kappa shape index (κ1) is 15.0. The molecule has 0 radical (unpaired) electrons. The molecule has 2 aromatic rings. The fraction of sp³-hybridized carbons (Fsp3) is 0.278. The van der Waals surface area contributed by atoms with Crippen molar-refractivity contribution in [2.75, 3.05) is 13.1 Å². The first-order chi connectivity index (χ1) is 10.8. The zero-order valence-electron chi connectivity index (χ0n) is 12.3. The lowest BCUT2D eigenvalue weighted by Gasteiger charge is -2.22. The average Bonchev–Trinajstić information content (AvgIpc) is 3.04. The van der Waals surface area contributed by atoms with E-state index in [0.717, 1.165) is 37.1 Å². The molecule has 4 heteroatoms. The Hall–Kier alpha value is -1.91. The van der Waals surface area contributed by atoms with Gasteiger partial charge in [0.05, 0.1) is 6.42 Å². The van der Waals surface area contributed by atoms with Crippen molar-refractivity contribution < 1.29 is 9.90 Å². The van der Waals surface area contributed by atoms with Gasteiger partial charge in [-0.3, -0.25) is 4.79 Å². The molecular weight excluding hydrogens is 294 g/mol. The summed E-state index contributed by atoms with van der Waals surface area (Å²) in [7, 11) is 0. The molecular formula is C18H19NO2S. The van der Waals surface area contributed by atoms with E-state index in [1.807, 2.05) is 18.2 Å².